The van der Waals surface area contributed by atoms with Crippen molar-refractivity contribution >= 4 is 5.97 Å². The molecular weight excluding hydrogens is 216 g/mol. The normalized spacial score (nSPS) is 11.5. The number of hydrogen-bond acceptors (Lipinski definition) is 1. The van der Waals surface area contributed by atoms with Crippen molar-refractivity contribution in [2.75, 3.05) is 0 Å². The first-order valence-corrected chi connectivity index (χ1v) is 3.88. The molecule has 0 aliphatic carbocycles. The van der Waals surface area contributed by atoms with E-state index in [1.165, 1.54) is 0 Å². The van der Waals surface area contributed by atoms with Gasteiger partial charge in [0.25, 0.3) is 0 Å². The van der Waals surface area contributed by atoms with E-state index in [9.17, 15) is 22.4 Å². The third-order valence-electron chi connectivity index (χ3n) is 1.72. The first-order valence-electron chi connectivity index (χ1n) is 3.88. The number of rotatable bonds is 3. The molecule has 0 bridgehead atoms. The van der Waals surface area contributed by atoms with Crippen LogP contribution in [0.3, 0.4) is 0 Å². The first kappa shape index (κ1) is 11.5. The van der Waals surface area contributed by atoms with Gasteiger partial charge in [-0.15, -0.1) is 0 Å². The Kier molecular flexibility index (Phi) is 2.97. The van der Waals surface area contributed by atoms with E-state index in [2.05, 4.69) is 0 Å². The number of hydrogen-bond donors (Lipinski definition) is 1. The monoisotopic (exact) mass is 222 g/mol. The summed E-state index contributed by atoms with van der Waals surface area (Å²) in [4.78, 5) is 10.1. The molecule has 0 saturated carbocycles. The topological polar surface area (TPSA) is 37.3 Å². The fourth-order valence-corrected chi connectivity index (χ4v) is 0.982. The van der Waals surface area contributed by atoms with E-state index < -0.39 is 29.9 Å². The van der Waals surface area contributed by atoms with Gasteiger partial charge in [0.15, 0.2) is 11.6 Å². The van der Waals surface area contributed by atoms with Crippen LogP contribution in [0.4, 0.5) is 17.6 Å². The van der Waals surface area contributed by atoms with Crippen LogP contribution in [-0.4, -0.2) is 17.0 Å². The molecule has 0 aromatic heterocycles. The number of aliphatic carboxylic acids is 1. The zero-order chi connectivity index (χ0) is 11.6. The minimum Gasteiger partial charge on any atom is -0.477 e. The van der Waals surface area contributed by atoms with Crippen LogP contribution in [0.15, 0.2) is 18.2 Å². The van der Waals surface area contributed by atoms with Crippen molar-refractivity contribution in [3.63, 3.8) is 0 Å². The Morgan fingerprint density at radius 3 is 2.33 bits per heavy atom. The lowest BCUT2D eigenvalue weighted by Gasteiger charge is -2.10. The third kappa shape index (κ3) is 2.68. The number of carboxylic acids is 1. The SMILES string of the molecule is O=C(O)C(F)(F)Cc1ccc(F)c(F)c1. The molecule has 0 aliphatic rings. The molecule has 0 saturated heterocycles. The fourth-order valence-electron chi connectivity index (χ4n) is 0.982. The highest BCUT2D eigenvalue weighted by Gasteiger charge is 2.38. The maximum atomic E-state index is 12.6. The van der Waals surface area contributed by atoms with Gasteiger partial charge in [0.2, 0.25) is 0 Å². The van der Waals surface area contributed by atoms with E-state index in [4.69, 9.17) is 5.11 Å². The van der Waals surface area contributed by atoms with Gasteiger partial charge in [0, 0.05) is 6.42 Å². The van der Waals surface area contributed by atoms with Gasteiger partial charge in [-0.25, -0.2) is 13.6 Å². The average molecular weight is 222 g/mol. The number of carbonyl (C=O) groups is 1. The molecule has 1 N–H and O–H groups in total. The van der Waals surface area contributed by atoms with Gasteiger partial charge >= 0.3 is 11.9 Å². The van der Waals surface area contributed by atoms with Crippen LogP contribution in [0.5, 0.6) is 0 Å². The molecule has 15 heavy (non-hydrogen) atoms. The second kappa shape index (κ2) is 3.88. The van der Waals surface area contributed by atoms with E-state index >= 15 is 0 Å². The van der Waals surface area contributed by atoms with Crippen LogP contribution in [0.2, 0.25) is 0 Å². The van der Waals surface area contributed by atoms with Gasteiger partial charge < -0.3 is 5.11 Å². The number of carboxylic acid groups (broad SMARTS) is 1. The Balaban J connectivity index is 2.91. The van der Waals surface area contributed by atoms with Crippen LogP contribution in [-0.2, 0) is 11.2 Å². The molecule has 1 aromatic carbocycles. The highest BCUT2D eigenvalue weighted by Crippen LogP contribution is 2.21. The minimum atomic E-state index is -3.98. The predicted molar refractivity (Wildman–Crippen MR) is 42.6 cm³/mol. The Bertz CT molecular complexity index is 390. The van der Waals surface area contributed by atoms with Crippen LogP contribution in [0.25, 0.3) is 0 Å². The number of halogens is 4. The van der Waals surface area contributed by atoms with Gasteiger partial charge in [-0.1, -0.05) is 6.07 Å². The fraction of sp³-hybridized carbons (Fsp3) is 0.222. The smallest absolute Gasteiger partial charge is 0.374 e. The van der Waals surface area contributed by atoms with E-state index in [-0.39, 0.29) is 5.56 Å². The summed E-state index contributed by atoms with van der Waals surface area (Å²) in [6.07, 6.45) is -1.17. The molecule has 1 aromatic rings. The summed E-state index contributed by atoms with van der Waals surface area (Å²) in [7, 11) is 0. The maximum Gasteiger partial charge on any atom is 0.374 e. The van der Waals surface area contributed by atoms with Crippen LogP contribution in [0, 0.1) is 11.6 Å². The maximum absolute atomic E-state index is 12.6. The number of alkyl halides is 2. The van der Waals surface area contributed by atoms with Crippen LogP contribution >= 0.6 is 0 Å². The lowest BCUT2D eigenvalue weighted by molar-refractivity contribution is -0.164. The van der Waals surface area contributed by atoms with Crippen molar-refractivity contribution in [1.29, 1.82) is 0 Å². The van der Waals surface area contributed by atoms with Gasteiger partial charge in [0.05, 0.1) is 0 Å². The molecule has 0 unspecified atom stereocenters. The van der Waals surface area contributed by atoms with Crippen molar-refractivity contribution < 1.29 is 27.5 Å². The van der Waals surface area contributed by atoms with Gasteiger partial charge in [0.1, 0.15) is 0 Å². The summed E-state index contributed by atoms with van der Waals surface area (Å²) >= 11 is 0. The molecule has 0 aliphatic heterocycles. The minimum absolute atomic E-state index is 0.277. The summed E-state index contributed by atoms with van der Waals surface area (Å²) in [6.45, 7) is 0. The van der Waals surface area contributed by atoms with Crippen LogP contribution in [0.1, 0.15) is 5.56 Å². The average Bonchev–Trinajstić information content (AvgIpc) is 2.10. The van der Waals surface area contributed by atoms with Gasteiger partial charge in [-0.05, 0) is 17.7 Å². The van der Waals surface area contributed by atoms with E-state index in [0.717, 1.165) is 6.07 Å². The van der Waals surface area contributed by atoms with E-state index in [0.29, 0.717) is 12.1 Å². The lowest BCUT2D eigenvalue weighted by Crippen LogP contribution is -2.30. The summed E-state index contributed by atoms with van der Waals surface area (Å²) in [5, 5.41) is 8.11. The summed E-state index contributed by atoms with van der Waals surface area (Å²) < 4.78 is 50.3. The Morgan fingerprint density at radius 2 is 1.87 bits per heavy atom. The zero-order valence-corrected chi connectivity index (χ0v) is 7.31. The molecule has 0 heterocycles. The second-order valence-corrected chi connectivity index (χ2v) is 2.93. The first-order chi connectivity index (χ1) is 6.83. The van der Waals surface area contributed by atoms with Crippen molar-refractivity contribution in [1.82, 2.24) is 0 Å². The molecule has 0 radical (unpaired) electrons. The summed E-state index contributed by atoms with van der Waals surface area (Å²) in [5.74, 6) is -8.73. The second-order valence-electron chi connectivity index (χ2n) is 2.93. The molecular formula is C9H6F4O2. The third-order valence-corrected chi connectivity index (χ3v) is 1.72. The van der Waals surface area contributed by atoms with Crippen molar-refractivity contribution in [3.8, 4) is 0 Å². The van der Waals surface area contributed by atoms with E-state index in [1.807, 2.05) is 0 Å². The summed E-state index contributed by atoms with van der Waals surface area (Å²) in [5.41, 5.74) is -0.277. The molecule has 0 amide bonds. The number of benzene rings is 1. The van der Waals surface area contributed by atoms with Crippen LogP contribution < -0.4 is 0 Å². The quantitative estimate of drug-likeness (QED) is 0.796. The Hall–Kier alpha value is -1.59. The van der Waals surface area contributed by atoms with E-state index in [1.54, 1.807) is 0 Å². The Labute approximate surface area is 82.1 Å². The lowest BCUT2D eigenvalue weighted by atomic mass is 10.1. The van der Waals surface area contributed by atoms with Crippen molar-refractivity contribution in [2.24, 2.45) is 0 Å². The molecule has 2 nitrogen and oxygen atoms in total. The van der Waals surface area contributed by atoms with Crippen molar-refractivity contribution in [3.05, 3.63) is 35.4 Å². The van der Waals surface area contributed by atoms with Gasteiger partial charge in [-0.2, -0.15) is 8.78 Å². The highest BCUT2D eigenvalue weighted by molar-refractivity contribution is 5.75. The highest BCUT2D eigenvalue weighted by atomic mass is 19.3. The van der Waals surface area contributed by atoms with Gasteiger partial charge in [-0.3, -0.25) is 0 Å². The standard InChI is InChI=1S/C9H6F4O2/c10-6-2-1-5(3-7(6)11)4-9(12,13)8(14)15/h1-3H,4H2,(H,14,15). The zero-order valence-electron chi connectivity index (χ0n) is 7.31. The summed E-state index contributed by atoms with van der Waals surface area (Å²) in [6, 6.07) is 2.13. The molecule has 6 heteroatoms. The van der Waals surface area contributed by atoms with Crippen molar-refractivity contribution in [2.45, 2.75) is 12.3 Å². The largest absolute Gasteiger partial charge is 0.477 e. The predicted octanol–water partition coefficient (Wildman–Crippen LogP) is 2.23. The molecule has 0 atom stereocenters. The molecule has 1 rings (SSSR count). The molecule has 0 spiro atoms. The molecule has 0 fully saturated rings. The Morgan fingerprint density at radius 1 is 1.27 bits per heavy atom. The molecule has 82 valence electrons.